The summed E-state index contributed by atoms with van der Waals surface area (Å²) in [7, 11) is 0. The van der Waals surface area contributed by atoms with E-state index in [9.17, 15) is 9.50 Å². The van der Waals surface area contributed by atoms with Crippen molar-refractivity contribution in [2.75, 3.05) is 0 Å². The van der Waals surface area contributed by atoms with Gasteiger partial charge < -0.3 is 5.11 Å². The van der Waals surface area contributed by atoms with Gasteiger partial charge in [-0.25, -0.2) is 4.39 Å². The zero-order valence-corrected chi connectivity index (χ0v) is 10.9. The molecule has 0 fully saturated rings. The molecule has 0 bridgehead atoms. The highest BCUT2D eigenvalue weighted by molar-refractivity contribution is 9.10. The van der Waals surface area contributed by atoms with E-state index in [4.69, 9.17) is 11.6 Å². The number of halogens is 3. The molecule has 1 atom stereocenters. The standard InChI is InChI=1S/C12H8BrClFNO/c13-10-5-7(14)1-2-8(10)12(17)9-3-4-16-6-11(9)15/h1-6,12,17H. The number of benzene rings is 1. The van der Waals surface area contributed by atoms with Crippen molar-refractivity contribution in [3.63, 3.8) is 0 Å². The van der Waals surface area contributed by atoms with E-state index in [-0.39, 0.29) is 5.56 Å². The smallest absolute Gasteiger partial charge is 0.147 e. The number of hydrogen-bond acceptors (Lipinski definition) is 2. The molecule has 0 aliphatic rings. The second kappa shape index (κ2) is 5.12. The molecule has 0 saturated carbocycles. The Morgan fingerprint density at radius 2 is 2.06 bits per heavy atom. The lowest BCUT2D eigenvalue weighted by Gasteiger charge is -2.13. The highest BCUT2D eigenvalue weighted by Gasteiger charge is 2.17. The third-order valence-electron chi connectivity index (χ3n) is 2.36. The van der Waals surface area contributed by atoms with Crippen LogP contribution in [0.1, 0.15) is 17.2 Å². The highest BCUT2D eigenvalue weighted by atomic mass is 79.9. The number of nitrogens with zero attached hydrogens (tertiary/aromatic N) is 1. The average Bonchev–Trinajstić information content (AvgIpc) is 2.29. The molecule has 0 spiro atoms. The molecule has 17 heavy (non-hydrogen) atoms. The summed E-state index contributed by atoms with van der Waals surface area (Å²) in [6.07, 6.45) is 1.46. The summed E-state index contributed by atoms with van der Waals surface area (Å²) in [5, 5.41) is 10.6. The maximum Gasteiger partial charge on any atom is 0.147 e. The second-order valence-corrected chi connectivity index (χ2v) is 4.76. The van der Waals surface area contributed by atoms with E-state index in [1.165, 1.54) is 12.3 Å². The van der Waals surface area contributed by atoms with E-state index in [0.29, 0.717) is 15.1 Å². The predicted molar refractivity (Wildman–Crippen MR) is 67.4 cm³/mol. The molecule has 2 rings (SSSR count). The van der Waals surface area contributed by atoms with Gasteiger partial charge in [-0.05, 0) is 23.8 Å². The van der Waals surface area contributed by atoms with E-state index in [1.807, 2.05) is 0 Å². The number of rotatable bonds is 2. The van der Waals surface area contributed by atoms with Crippen LogP contribution >= 0.6 is 27.5 Å². The van der Waals surface area contributed by atoms with Gasteiger partial charge in [-0.3, -0.25) is 4.98 Å². The van der Waals surface area contributed by atoms with Crippen LogP contribution in [-0.4, -0.2) is 10.1 Å². The molecule has 0 aliphatic heterocycles. The molecule has 0 radical (unpaired) electrons. The largest absolute Gasteiger partial charge is 0.384 e. The summed E-state index contributed by atoms with van der Waals surface area (Å²) in [5.74, 6) is -0.540. The van der Waals surface area contributed by atoms with Gasteiger partial charge in [0.05, 0.1) is 6.20 Å². The SMILES string of the molecule is OC(c1ccncc1F)c1ccc(Cl)cc1Br. The van der Waals surface area contributed by atoms with Crippen LogP contribution in [0.15, 0.2) is 41.1 Å². The van der Waals surface area contributed by atoms with Crippen molar-refractivity contribution >= 4 is 27.5 Å². The summed E-state index contributed by atoms with van der Waals surface area (Å²) in [6, 6.07) is 6.39. The van der Waals surface area contributed by atoms with Crippen LogP contribution in [0.25, 0.3) is 0 Å². The van der Waals surface area contributed by atoms with Gasteiger partial charge in [0, 0.05) is 21.3 Å². The first-order valence-electron chi connectivity index (χ1n) is 4.82. The van der Waals surface area contributed by atoms with Crippen molar-refractivity contribution in [2.24, 2.45) is 0 Å². The number of aliphatic hydroxyl groups excluding tert-OH is 1. The topological polar surface area (TPSA) is 33.1 Å². The van der Waals surface area contributed by atoms with E-state index >= 15 is 0 Å². The molecule has 1 unspecified atom stereocenters. The molecule has 2 nitrogen and oxygen atoms in total. The van der Waals surface area contributed by atoms with Crippen LogP contribution in [-0.2, 0) is 0 Å². The monoisotopic (exact) mass is 315 g/mol. The van der Waals surface area contributed by atoms with Gasteiger partial charge in [-0.15, -0.1) is 0 Å². The van der Waals surface area contributed by atoms with Crippen molar-refractivity contribution < 1.29 is 9.50 Å². The Morgan fingerprint density at radius 3 is 2.71 bits per heavy atom. The first kappa shape index (κ1) is 12.5. The van der Waals surface area contributed by atoms with Gasteiger partial charge in [0.2, 0.25) is 0 Å². The van der Waals surface area contributed by atoms with Crippen molar-refractivity contribution in [3.8, 4) is 0 Å². The van der Waals surface area contributed by atoms with Crippen molar-refractivity contribution in [3.05, 3.63) is 63.1 Å². The molecule has 0 aliphatic carbocycles. The van der Waals surface area contributed by atoms with E-state index in [1.54, 1.807) is 18.2 Å². The molecule has 1 aromatic heterocycles. The maximum atomic E-state index is 13.5. The zero-order valence-electron chi connectivity index (χ0n) is 8.57. The number of hydrogen-bond donors (Lipinski definition) is 1. The summed E-state index contributed by atoms with van der Waals surface area (Å²) in [5.41, 5.74) is 0.738. The van der Waals surface area contributed by atoms with Gasteiger partial charge in [0.25, 0.3) is 0 Å². The van der Waals surface area contributed by atoms with E-state index in [2.05, 4.69) is 20.9 Å². The lowest BCUT2D eigenvalue weighted by Crippen LogP contribution is -2.03. The van der Waals surface area contributed by atoms with Gasteiger partial charge in [-0.2, -0.15) is 0 Å². The molecule has 2 aromatic rings. The highest BCUT2D eigenvalue weighted by Crippen LogP contribution is 2.31. The number of aliphatic hydroxyl groups is 1. The van der Waals surface area contributed by atoms with Gasteiger partial charge >= 0.3 is 0 Å². The first-order valence-corrected chi connectivity index (χ1v) is 5.99. The van der Waals surface area contributed by atoms with E-state index in [0.717, 1.165) is 6.20 Å². The Labute approximate surface area is 111 Å². The molecule has 0 saturated heterocycles. The third kappa shape index (κ3) is 2.65. The van der Waals surface area contributed by atoms with Crippen molar-refractivity contribution in [1.82, 2.24) is 4.98 Å². The second-order valence-electron chi connectivity index (χ2n) is 3.47. The van der Waals surface area contributed by atoms with Gasteiger partial charge in [0.15, 0.2) is 0 Å². The minimum absolute atomic E-state index is 0.183. The Hall–Kier alpha value is -0.970. The van der Waals surface area contributed by atoms with Gasteiger partial charge in [0.1, 0.15) is 11.9 Å². The minimum atomic E-state index is -1.05. The Balaban J connectivity index is 2.44. The lowest BCUT2D eigenvalue weighted by molar-refractivity contribution is 0.214. The molecule has 1 N–H and O–H groups in total. The molecule has 0 amide bonds. The van der Waals surface area contributed by atoms with Crippen LogP contribution in [0.3, 0.4) is 0 Å². The quantitative estimate of drug-likeness (QED) is 0.916. The van der Waals surface area contributed by atoms with Crippen molar-refractivity contribution in [2.45, 2.75) is 6.10 Å². The molecular formula is C12H8BrClFNO. The van der Waals surface area contributed by atoms with Crippen LogP contribution in [0.4, 0.5) is 4.39 Å². The van der Waals surface area contributed by atoms with Crippen LogP contribution in [0.5, 0.6) is 0 Å². The fourth-order valence-electron chi connectivity index (χ4n) is 1.50. The van der Waals surface area contributed by atoms with Crippen LogP contribution < -0.4 is 0 Å². The summed E-state index contributed by atoms with van der Waals surface area (Å²) >= 11 is 9.09. The Morgan fingerprint density at radius 1 is 1.29 bits per heavy atom. The number of aromatic nitrogens is 1. The van der Waals surface area contributed by atoms with Crippen LogP contribution in [0, 0.1) is 5.82 Å². The molecule has 88 valence electrons. The first-order chi connectivity index (χ1) is 8.09. The zero-order chi connectivity index (χ0) is 12.4. The van der Waals surface area contributed by atoms with Gasteiger partial charge in [-0.1, -0.05) is 33.6 Å². The summed E-state index contributed by atoms with van der Waals surface area (Å²) < 4.78 is 14.1. The minimum Gasteiger partial charge on any atom is -0.384 e. The number of pyridine rings is 1. The molecular weight excluding hydrogens is 308 g/mol. The predicted octanol–water partition coefficient (Wildman–Crippen LogP) is 3.72. The fraction of sp³-hybridized carbons (Fsp3) is 0.0833. The average molecular weight is 317 g/mol. The van der Waals surface area contributed by atoms with Crippen molar-refractivity contribution in [1.29, 1.82) is 0 Å². The maximum absolute atomic E-state index is 13.5. The van der Waals surface area contributed by atoms with Crippen LogP contribution in [0.2, 0.25) is 5.02 Å². The lowest BCUT2D eigenvalue weighted by atomic mass is 10.0. The molecule has 5 heteroatoms. The Bertz CT molecular complexity index is 550. The Kier molecular flexibility index (Phi) is 3.76. The van der Waals surface area contributed by atoms with E-state index < -0.39 is 11.9 Å². The normalized spacial score (nSPS) is 12.5. The molecule has 1 heterocycles. The fourth-order valence-corrected chi connectivity index (χ4v) is 2.40. The molecule has 1 aromatic carbocycles. The summed E-state index contributed by atoms with van der Waals surface area (Å²) in [4.78, 5) is 3.64. The summed E-state index contributed by atoms with van der Waals surface area (Å²) in [6.45, 7) is 0. The third-order valence-corrected chi connectivity index (χ3v) is 3.28.